The van der Waals surface area contributed by atoms with Crippen molar-refractivity contribution in [3.05, 3.63) is 38.5 Å². The molecular weight excluding hydrogens is 158 g/mol. The van der Waals surface area contributed by atoms with Gasteiger partial charge in [-0.25, -0.2) is 0 Å². The van der Waals surface area contributed by atoms with Crippen LogP contribution in [0.5, 0.6) is 0 Å². The maximum Gasteiger partial charge on any atom is 0.0157 e. The van der Waals surface area contributed by atoms with E-state index in [1.807, 2.05) is 0 Å². The van der Waals surface area contributed by atoms with Gasteiger partial charge >= 0.3 is 0 Å². The second-order valence-electron chi connectivity index (χ2n) is 2.52. The van der Waals surface area contributed by atoms with Gasteiger partial charge in [-0.05, 0) is 20.5 Å². The Kier molecular flexibility index (Phi) is 31.2. The topological polar surface area (TPSA) is 3.24 Å². The Morgan fingerprint density at radius 1 is 1.00 bits per heavy atom. The average molecular weight is 183 g/mol. The molecule has 1 nitrogen and oxygen atoms in total. The van der Waals surface area contributed by atoms with Gasteiger partial charge in [-0.3, -0.25) is 0 Å². The zero-order valence-electron chi connectivity index (χ0n) is 9.55. The largest absolute Gasteiger partial charge is 0.306 e. The van der Waals surface area contributed by atoms with Gasteiger partial charge in [0, 0.05) is 6.54 Å². The smallest absolute Gasteiger partial charge is 0.0157 e. The Morgan fingerprint density at radius 3 is 1.77 bits per heavy atom. The lowest BCUT2D eigenvalue weighted by Crippen LogP contribution is -2.10. The molecule has 0 unspecified atom stereocenters. The molecule has 0 amide bonds. The molecule has 0 N–H and O–H groups in total. The summed E-state index contributed by atoms with van der Waals surface area (Å²) >= 11 is 0. The normalized spacial score (nSPS) is 8.62. The third kappa shape index (κ3) is 35.1. The molecule has 78 valence electrons. The van der Waals surface area contributed by atoms with E-state index >= 15 is 0 Å². The van der Waals surface area contributed by atoms with Gasteiger partial charge in [0.2, 0.25) is 0 Å². The van der Waals surface area contributed by atoms with Crippen LogP contribution in [-0.2, 0) is 0 Å². The molecule has 13 heavy (non-hydrogen) atoms. The van der Waals surface area contributed by atoms with Crippen LogP contribution in [0.3, 0.4) is 0 Å². The summed E-state index contributed by atoms with van der Waals surface area (Å²) in [6.07, 6.45) is 6.92. The molecule has 0 atom stereocenters. The second kappa shape index (κ2) is 22.5. The number of hydrogen-bond donors (Lipinski definition) is 0. The molecule has 0 bridgehead atoms. The van der Waals surface area contributed by atoms with Crippen molar-refractivity contribution in [2.24, 2.45) is 0 Å². The highest BCUT2D eigenvalue weighted by Crippen LogP contribution is 1.87. The molecular formula is C12H25N. The summed E-state index contributed by atoms with van der Waals surface area (Å²) < 4.78 is 0. The van der Waals surface area contributed by atoms with Crippen molar-refractivity contribution in [1.82, 2.24) is 4.90 Å². The first kappa shape index (κ1) is 18.1. The summed E-state index contributed by atoms with van der Waals surface area (Å²) in [6, 6.07) is 0. The van der Waals surface area contributed by atoms with Gasteiger partial charge in [0.1, 0.15) is 0 Å². The van der Waals surface area contributed by atoms with E-state index in [0.717, 1.165) is 6.54 Å². The summed E-state index contributed by atoms with van der Waals surface area (Å²) in [5.41, 5.74) is 0. The molecule has 0 aliphatic heterocycles. The van der Waals surface area contributed by atoms with Crippen molar-refractivity contribution in [2.45, 2.75) is 19.8 Å². The van der Waals surface area contributed by atoms with Crippen LogP contribution < -0.4 is 0 Å². The molecule has 0 fully saturated rings. The van der Waals surface area contributed by atoms with Crippen molar-refractivity contribution >= 4 is 0 Å². The van der Waals surface area contributed by atoms with Crippen LogP contribution in [0.15, 0.2) is 38.5 Å². The first-order valence-corrected chi connectivity index (χ1v) is 4.57. The molecule has 0 saturated carbocycles. The fraction of sp³-hybridized carbons (Fsp3) is 0.500. The molecule has 0 aromatic rings. The maximum atomic E-state index is 3.00. The zero-order valence-corrected chi connectivity index (χ0v) is 9.55. The lowest BCUT2D eigenvalue weighted by Gasteiger charge is -2.02. The van der Waals surface area contributed by atoms with E-state index < -0.39 is 0 Å². The highest BCUT2D eigenvalue weighted by atomic mass is 15.0. The number of allylic oxidation sites excluding steroid dienone is 1. The Morgan fingerprint density at radius 2 is 1.46 bits per heavy atom. The molecule has 0 aliphatic carbocycles. The molecule has 0 aromatic carbocycles. The first-order valence-electron chi connectivity index (χ1n) is 4.57. The summed E-state index contributed by atoms with van der Waals surface area (Å²) in [6.45, 7) is 15.3. The van der Waals surface area contributed by atoms with Crippen LogP contribution in [0.4, 0.5) is 0 Å². The molecule has 1 heteroatoms. The Labute approximate surface area is 84.5 Å². The average Bonchev–Trinajstić information content (AvgIpc) is 2.19. The number of nitrogens with zero attached hydrogens (tertiary/aromatic N) is 1. The van der Waals surface area contributed by atoms with E-state index in [2.05, 4.69) is 64.4 Å². The highest BCUT2D eigenvalue weighted by molar-refractivity contribution is 4.82. The third-order valence-corrected chi connectivity index (χ3v) is 1.09. The molecule has 0 aliphatic rings. The van der Waals surface area contributed by atoms with E-state index in [1.165, 1.54) is 12.8 Å². The number of rotatable bonds is 4. The van der Waals surface area contributed by atoms with Crippen molar-refractivity contribution in [3.8, 4) is 0 Å². The highest BCUT2D eigenvalue weighted by Gasteiger charge is 1.79. The van der Waals surface area contributed by atoms with Crippen LogP contribution in [0.25, 0.3) is 0 Å². The summed E-state index contributed by atoms with van der Waals surface area (Å²) in [5.74, 6) is 0. The van der Waals surface area contributed by atoms with E-state index in [4.69, 9.17) is 0 Å². The van der Waals surface area contributed by atoms with Crippen molar-refractivity contribution in [1.29, 1.82) is 0 Å². The fourth-order valence-corrected chi connectivity index (χ4v) is 0.570. The predicted octanol–water partition coefficient (Wildman–Crippen LogP) is 3.51. The van der Waals surface area contributed by atoms with Gasteiger partial charge in [-0.15, -0.1) is 26.3 Å². The molecule has 0 saturated heterocycles. The number of likely N-dealkylation sites (N-methyl/N-ethyl adjacent to an activating group) is 1. The van der Waals surface area contributed by atoms with Crippen molar-refractivity contribution < 1.29 is 0 Å². The molecule has 0 spiro atoms. The van der Waals surface area contributed by atoms with Crippen LogP contribution in [-0.4, -0.2) is 25.5 Å². The monoisotopic (exact) mass is 183 g/mol. The van der Waals surface area contributed by atoms with Gasteiger partial charge in [0.05, 0.1) is 0 Å². The van der Waals surface area contributed by atoms with Gasteiger partial charge in [0.15, 0.2) is 0 Å². The zero-order chi connectivity index (χ0) is 11.1. The Hall–Kier alpha value is -0.820. The number of hydrogen-bond acceptors (Lipinski definition) is 1. The lowest BCUT2D eigenvalue weighted by atomic mass is 10.3. The minimum Gasteiger partial charge on any atom is -0.306 e. The Bertz CT molecular complexity index is 93.3. The standard InChI is InChI=1S/C8H17N.2C2H4/c1-4-5-6-7-8-9(2)3;2*1-2/h6-7H,4-5,8H2,1-3H3;2*1-2H2/b7-6-;;. The minimum atomic E-state index is 1.07. The molecule has 0 radical (unpaired) electrons. The quantitative estimate of drug-likeness (QED) is 0.603. The summed E-state index contributed by atoms with van der Waals surface area (Å²) in [4.78, 5) is 2.16. The van der Waals surface area contributed by atoms with Gasteiger partial charge < -0.3 is 4.90 Å². The van der Waals surface area contributed by atoms with E-state index in [-0.39, 0.29) is 0 Å². The molecule has 0 heterocycles. The minimum absolute atomic E-state index is 1.07. The van der Waals surface area contributed by atoms with E-state index in [0.29, 0.717) is 0 Å². The lowest BCUT2D eigenvalue weighted by molar-refractivity contribution is 0.456. The van der Waals surface area contributed by atoms with Gasteiger partial charge in [-0.2, -0.15) is 0 Å². The second-order valence-corrected chi connectivity index (χ2v) is 2.52. The third-order valence-electron chi connectivity index (χ3n) is 1.09. The summed E-state index contributed by atoms with van der Waals surface area (Å²) in [7, 11) is 4.16. The SMILES string of the molecule is C=C.C=C.CCC/C=C\CN(C)C. The molecule has 0 aromatic heterocycles. The van der Waals surface area contributed by atoms with Gasteiger partial charge in [0.25, 0.3) is 0 Å². The van der Waals surface area contributed by atoms with Crippen LogP contribution >= 0.6 is 0 Å². The van der Waals surface area contributed by atoms with Gasteiger partial charge in [-0.1, -0.05) is 25.5 Å². The van der Waals surface area contributed by atoms with Crippen LogP contribution in [0.1, 0.15) is 19.8 Å². The van der Waals surface area contributed by atoms with E-state index in [9.17, 15) is 0 Å². The van der Waals surface area contributed by atoms with Crippen LogP contribution in [0.2, 0.25) is 0 Å². The van der Waals surface area contributed by atoms with Crippen molar-refractivity contribution in [2.75, 3.05) is 20.6 Å². The van der Waals surface area contributed by atoms with Crippen LogP contribution in [0, 0.1) is 0 Å². The fourth-order valence-electron chi connectivity index (χ4n) is 0.570. The first-order chi connectivity index (χ1) is 6.27. The predicted molar refractivity (Wildman–Crippen MR) is 65.1 cm³/mol. The van der Waals surface area contributed by atoms with E-state index in [1.54, 1.807) is 0 Å². The Balaban J connectivity index is -0.000000218. The number of unbranched alkanes of at least 4 members (excludes halogenated alkanes) is 1. The summed E-state index contributed by atoms with van der Waals surface area (Å²) in [5, 5.41) is 0. The maximum absolute atomic E-state index is 3.00. The molecule has 0 rings (SSSR count). The van der Waals surface area contributed by atoms with Crippen molar-refractivity contribution in [3.63, 3.8) is 0 Å².